The van der Waals surface area contributed by atoms with Gasteiger partial charge >= 0.3 is 0 Å². The second-order valence-electron chi connectivity index (χ2n) is 3.97. The van der Waals surface area contributed by atoms with Crippen LogP contribution >= 0.6 is 0 Å². The van der Waals surface area contributed by atoms with Gasteiger partial charge in [0.25, 0.3) is 0 Å². The van der Waals surface area contributed by atoms with Crippen LogP contribution in [0.5, 0.6) is 0 Å². The van der Waals surface area contributed by atoms with Crippen LogP contribution in [0, 0.1) is 0 Å². The lowest BCUT2D eigenvalue weighted by Gasteiger charge is -2.02. The number of pyridine rings is 1. The number of aromatic nitrogens is 3. The zero-order valence-electron chi connectivity index (χ0n) is 9.31. The normalized spacial score (nSPS) is 10.9. The molecular formula is C12H15N3. The standard InChI is InChI=1S/C12H15N3/c1-9(2)12-8-11(14-15(12)3)10-4-6-13-7-5-10/h4-9H,1-3H3. The van der Waals surface area contributed by atoms with E-state index in [4.69, 9.17) is 0 Å². The monoisotopic (exact) mass is 201 g/mol. The van der Waals surface area contributed by atoms with Crippen molar-refractivity contribution < 1.29 is 0 Å². The quantitative estimate of drug-likeness (QED) is 0.747. The third-order valence-corrected chi connectivity index (χ3v) is 2.48. The van der Waals surface area contributed by atoms with Crippen molar-refractivity contribution in [3.63, 3.8) is 0 Å². The highest BCUT2D eigenvalue weighted by Gasteiger charge is 2.09. The van der Waals surface area contributed by atoms with E-state index in [1.54, 1.807) is 12.4 Å². The molecule has 3 heteroatoms. The van der Waals surface area contributed by atoms with Crippen molar-refractivity contribution >= 4 is 0 Å². The molecule has 3 nitrogen and oxygen atoms in total. The Morgan fingerprint density at radius 1 is 1.20 bits per heavy atom. The molecule has 0 atom stereocenters. The van der Waals surface area contributed by atoms with E-state index in [0.717, 1.165) is 11.3 Å². The first-order chi connectivity index (χ1) is 7.18. The van der Waals surface area contributed by atoms with Gasteiger partial charge in [-0.05, 0) is 24.1 Å². The third-order valence-electron chi connectivity index (χ3n) is 2.48. The Morgan fingerprint density at radius 2 is 1.87 bits per heavy atom. The zero-order chi connectivity index (χ0) is 10.8. The number of rotatable bonds is 2. The fourth-order valence-corrected chi connectivity index (χ4v) is 1.69. The van der Waals surface area contributed by atoms with Gasteiger partial charge in [-0.3, -0.25) is 9.67 Å². The second kappa shape index (κ2) is 3.85. The molecule has 15 heavy (non-hydrogen) atoms. The Kier molecular flexibility index (Phi) is 2.54. The van der Waals surface area contributed by atoms with Crippen molar-refractivity contribution in [1.29, 1.82) is 0 Å². The molecule has 2 rings (SSSR count). The number of hydrogen-bond acceptors (Lipinski definition) is 2. The maximum absolute atomic E-state index is 4.49. The van der Waals surface area contributed by atoms with Gasteiger partial charge in [0, 0.05) is 30.7 Å². The van der Waals surface area contributed by atoms with Crippen LogP contribution in [0.1, 0.15) is 25.5 Å². The van der Waals surface area contributed by atoms with E-state index in [-0.39, 0.29) is 0 Å². The molecule has 0 radical (unpaired) electrons. The molecule has 2 aromatic rings. The molecular weight excluding hydrogens is 186 g/mol. The highest BCUT2D eigenvalue weighted by molar-refractivity contribution is 5.58. The van der Waals surface area contributed by atoms with Gasteiger partial charge in [0.1, 0.15) is 0 Å². The highest BCUT2D eigenvalue weighted by atomic mass is 15.3. The minimum atomic E-state index is 0.498. The maximum atomic E-state index is 4.49. The van der Waals surface area contributed by atoms with Gasteiger partial charge in [-0.15, -0.1) is 0 Å². The molecule has 78 valence electrons. The van der Waals surface area contributed by atoms with Crippen LogP contribution in [0.4, 0.5) is 0 Å². The Bertz CT molecular complexity index is 443. The molecule has 0 saturated heterocycles. The van der Waals surface area contributed by atoms with E-state index in [1.165, 1.54) is 5.69 Å². The predicted molar refractivity (Wildman–Crippen MR) is 60.5 cm³/mol. The lowest BCUT2D eigenvalue weighted by molar-refractivity contribution is 0.670. The average molecular weight is 201 g/mol. The van der Waals surface area contributed by atoms with Crippen LogP contribution in [0.2, 0.25) is 0 Å². The smallest absolute Gasteiger partial charge is 0.0927 e. The summed E-state index contributed by atoms with van der Waals surface area (Å²) in [7, 11) is 1.99. The summed E-state index contributed by atoms with van der Waals surface area (Å²) >= 11 is 0. The fourth-order valence-electron chi connectivity index (χ4n) is 1.69. The minimum Gasteiger partial charge on any atom is -0.272 e. The van der Waals surface area contributed by atoms with Gasteiger partial charge in [-0.1, -0.05) is 13.8 Å². The molecule has 0 amide bonds. The SMILES string of the molecule is CC(C)c1cc(-c2ccncc2)nn1C. The predicted octanol–water partition coefficient (Wildman–Crippen LogP) is 2.61. The number of nitrogens with zero attached hydrogens (tertiary/aromatic N) is 3. The molecule has 2 heterocycles. The second-order valence-corrected chi connectivity index (χ2v) is 3.97. The van der Waals surface area contributed by atoms with Crippen LogP contribution in [0.3, 0.4) is 0 Å². The molecule has 0 aliphatic carbocycles. The molecule has 2 aromatic heterocycles. The largest absolute Gasteiger partial charge is 0.272 e. The molecule has 0 aliphatic rings. The zero-order valence-corrected chi connectivity index (χ0v) is 9.31. The van der Waals surface area contributed by atoms with E-state index in [0.29, 0.717) is 5.92 Å². The van der Waals surface area contributed by atoms with Gasteiger partial charge in [-0.2, -0.15) is 5.10 Å². The molecule has 0 aliphatic heterocycles. The summed E-state index contributed by atoms with van der Waals surface area (Å²) in [6.45, 7) is 4.35. The molecule has 0 aromatic carbocycles. The molecule has 0 saturated carbocycles. The molecule has 0 bridgehead atoms. The van der Waals surface area contributed by atoms with Crippen molar-refractivity contribution in [2.24, 2.45) is 7.05 Å². The summed E-state index contributed by atoms with van der Waals surface area (Å²) in [6, 6.07) is 6.10. The van der Waals surface area contributed by atoms with Crippen LogP contribution in [0.15, 0.2) is 30.6 Å². The van der Waals surface area contributed by atoms with Gasteiger partial charge in [0.15, 0.2) is 0 Å². The number of hydrogen-bond donors (Lipinski definition) is 0. The van der Waals surface area contributed by atoms with E-state index in [1.807, 2.05) is 23.9 Å². The lowest BCUT2D eigenvalue weighted by atomic mass is 10.1. The van der Waals surface area contributed by atoms with Crippen molar-refractivity contribution in [3.8, 4) is 11.3 Å². The maximum Gasteiger partial charge on any atom is 0.0927 e. The van der Waals surface area contributed by atoms with Crippen molar-refractivity contribution in [1.82, 2.24) is 14.8 Å². The molecule has 0 fully saturated rings. The molecule has 0 N–H and O–H groups in total. The van der Waals surface area contributed by atoms with Crippen LogP contribution in [-0.2, 0) is 7.05 Å². The Hall–Kier alpha value is -1.64. The van der Waals surface area contributed by atoms with Gasteiger partial charge < -0.3 is 0 Å². The average Bonchev–Trinajstić information content (AvgIpc) is 2.62. The van der Waals surface area contributed by atoms with Gasteiger partial charge in [0.2, 0.25) is 0 Å². The van der Waals surface area contributed by atoms with Gasteiger partial charge in [0.05, 0.1) is 5.69 Å². The molecule has 0 spiro atoms. The topological polar surface area (TPSA) is 30.7 Å². The van der Waals surface area contributed by atoms with E-state index in [9.17, 15) is 0 Å². The first kappa shape index (κ1) is 9.90. The summed E-state index contributed by atoms with van der Waals surface area (Å²) < 4.78 is 1.94. The van der Waals surface area contributed by atoms with E-state index < -0.39 is 0 Å². The summed E-state index contributed by atoms with van der Waals surface area (Å²) in [4.78, 5) is 4.00. The van der Waals surface area contributed by atoms with Crippen LogP contribution < -0.4 is 0 Å². The lowest BCUT2D eigenvalue weighted by Crippen LogP contribution is -1.99. The Labute approximate surface area is 89.8 Å². The van der Waals surface area contributed by atoms with Crippen molar-refractivity contribution in [2.75, 3.05) is 0 Å². The minimum absolute atomic E-state index is 0.498. The van der Waals surface area contributed by atoms with Crippen LogP contribution in [0.25, 0.3) is 11.3 Å². The van der Waals surface area contributed by atoms with Gasteiger partial charge in [-0.25, -0.2) is 0 Å². The van der Waals surface area contributed by atoms with Crippen molar-refractivity contribution in [3.05, 3.63) is 36.3 Å². The summed E-state index contributed by atoms with van der Waals surface area (Å²) in [5.74, 6) is 0.498. The fraction of sp³-hybridized carbons (Fsp3) is 0.333. The Morgan fingerprint density at radius 3 is 2.40 bits per heavy atom. The summed E-state index contributed by atoms with van der Waals surface area (Å²) in [5, 5.41) is 4.49. The molecule has 0 unspecified atom stereocenters. The van der Waals surface area contributed by atoms with E-state index >= 15 is 0 Å². The van der Waals surface area contributed by atoms with E-state index in [2.05, 4.69) is 30.0 Å². The Balaban J connectivity index is 2.43. The first-order valence-corrected chi connectivity index (χ1v) is 5.13. The number of aryl methyl sites for hydroxylation is 1. The highest BCUT2D eigenvalue weighted by Crippen LogP contribution is 2.21. The summed E-state index contributed by atoms with van der Waals surface area (Å²) in [5.41, 5.74) is 3.39. The first-order valence-electron chi connectivity index (χ1n) is 5.13. The van der Waals surface area contributed by atoms with Crippen LogP contribution in [-0.4, -0.2) is 14.8 Å². The van der Waals surface area contributed by atoms with Crippen molar-refractivity contribution in [2.45, 2.75) is 19.8 Å². The third kappa shape index (κ3) is 1.91. The summed E-state index contributed by atoms with van der Waals surface area (Å²) in [6.07, 6.45) is 3.58.